The second kappa shape index (κ2) is 7.18. The Kier molecular flexibility index (Phi) is 5.16. The maximum Gasteiger partial charge on any atom is 0.259 e. The van der Waals surface area contributed by atoms with Crippen LogP contribution in [0.5, 0.6) is 0 Å². The summed E-state index contributed by atoms with van der Waals surface area (Å²) in [4.78, 5) is 35.7. The molecule has 8 heteroatoms. The lowest BCUT2D eigenvalue weighted by Crippen LogP contribution is -2.38. The molecule has 0 radical (unpaired) electrons. The predicted octanol–water partition coefficient (Wildman–Crippen LogP) is 2.74. The third kappa shape index (κ3) is 3.72. The van der Waals surface area contributed by atoms with Crippen LogP contribution in [0.1, 0.15) is 36.0 Å². The average molecular weight is 377 g/mol. The van der Waals surface area contributed by atoms with Crippen LogP contribution in [0.15, 0.2) is 4.79 Å². The number of hydrogen-bond acceptors (Lipinski definition) is 6. The molecule has 3 rings (SSSR count). The first kappa shape index (κ1) is 18.0. The Morgan fingerprint density at radius 3 is 2.88 bits per heavy atom. The summed E-state index contributed by atoms with van der Waals surface area (Å²) in [6, 6.07) is 2.29. The van der Waals surface area contributed by atoms with Crippen molar-refractivity contribution in [3.8, 4) is 6.07 Å². The van der Waals surface area contributed by atoms with Crippen LogP contribution in [0.4, 0.5) is 0 Å². The Bertz CT molecular complexity index is 908. The van der Waals surface area contributed by atoms with Crippen LogP contribution in [-0.4, -0.2) is 38.6 Å². The molecule has 2 heterocycles. The first-order chi connectivity index (χ1) is 11.9. The topological polar surface area (TPSA) is 89.8 Å². The molecule has 0 spiro atoms. The largest absolute Gasteiger partial charge is 0.325 e. The number of fused-ring (bicyclic) bond motifs is 1. The van der Waals surface area contributed by atoms with Crippen molar-refractivity contribution >= 4 is 39.2 Å². The molecular formula is C17H20N4O2S2. The second-order valence-corrected chi connectivity index (χ2v) is 8.82. The van der Waals surface area contributed by atoms with Crippen molar-refractivity contribution in [3.63, 3.8) is 0 Å². The summed E-state index contributed by atoms with van der Waals surface area (Å²) < 4.78 is 0. The van der Waals surface area contributed by atoms with Gasteiger partial charge in [0.2, 0.25) is 5.91 Å². The number of H-pyrrole nitrogens is 1. The molecule has 6 nitrogen and oxygen atoms in total. The quantitative estimate of drug-likeness (QED) is 0.783. The highest BCUT2D eigenvalue weighted by Gasteiger charge is 2.34. The van der Waals surface area contributed by atoms with Gasteiger partial charge >= 0.3 is 0 Å². The van der Waals surface area contributed by atoms with Crippen molar-refractivity contribution < 1.29 is 4.79 Å². The first-order valence-corrected chi connectivity index (χ1v) is 10.1. The first-order valence-electron chi connectivity index (χ1n) is 8.20. The van der Waals surface area contributed by atoms with E-state index < -0.39 is 0 Å². The minimum Gasteiger partial charge on any atom is -0.325 e. The normalized spacial score (nSPS) is 15.1. The van der Waals surface area contributed by atoms with Gasteiger partial charge in [-0.15, -0.1) is 23.1 Å². The fourth-order valence-electron chi connectivity index (χ4n) is 2.73. The molecule has 2 aromatic rings. The highest BCUT2D eigenvalue weighted by Crippen LogP contribution is 2.30. The third-order valence-electron chi connectivity index (χ3n) is 4.42. The van der Waals surface area contributed by atoms with Crippen molar-refractivity contribution in [1.29, 1.82) is 5.26 Å². The monoisotopic (exact) mass is 376 g/mol. The van der Waals surface area contributed by atoms with Gasteiger partial charge < -0.3 is 9.88 Å². The van der Waals surface area contributed by atoms with Gasteiger partial charge in [0, 0.05) is 10.9 Å². The zero-order valence-electron chi connectivity index (χ0n) is 14.5. The molecule has 25 heavy (non-hydrogen) atoms. The fraction of sp³-hybridized carbons (Fsp3) is 0.529. The van der Waals surface area contributed by atoms with Crippen LogP contribution >= 0.6 is 23.1 Å². The van der Waals surface area contributed by atoms with Crippen LogP contribution in [0.2, 0.25) is 0 Å². The lowest BCUT2D eigenvalue weighted by Gasteiger charge is -2.22. The van der Waals surface area contributed by atoms with Crippen LogP contribution in [-0.2, 0) is 10.5 Å². The maximum absolute atomic E-state index is 12.5. The summed E-state index contributed by atoms with van der Waals surface area (Å²) >= 11 is 2.96. The van der Waals surface area contributed by atoms with E-state index in [-0.39, 0.29) is 29.3 Å². The zero-order chi connectivity index (χ0) is 18.1. The molecule has 1 atom stereocenters. The summed E-state index contributed by atoms with van der Waals surface area (Å²) in [7, 11) is 0. The number of rotatable bonds is 6. The number of aromatic nitrogens is 2. The van der Waals surface area contributed by atoms with Gasteiger partial charge in [-0.05, 0) is 39.2 Å². The molecule has 0 bridgehead atoms. The Hall–Kier alpha value is -1.85. The van der Waals surface area contributed by atoms with Crippen molar-refractivity contribution in [2.75, 3.05) is 6.54 Å². The fourth-order valence-corrected chi connectivity index (χ4v) is 4.60. The van der Waals surface area contributed by atoms with Crippen molar-refractivity contribution in [3.05, 3.63) is 26.6 Å². The Morgan fingerprint density at radius 2 is 2.24 bits per heavy atom. The Morgan fingerprint density at radius 1 is 1.52 bits per heavy atom. The van der Waals surface area contributed by atoms with E-state index >= 15 is 0 Å². The van der Waals surface area contributed by atoms with Gasteiger partial charge in [-0.3, -0.25) is 9.59 Å². The molecule has 2 aromatic heterocycles. The standard InChI is InChI=1S/C17H20N4O2S2/c1-9-10(2)25-16-14(9)15(22)19-13(20-16)8-24-11(3)17(23)21(7-6-18)12-4-5-12/h11-12H,4-5,7-8H2,1-3H3,(H,19,20,22)/t11-/m1/s1. The molecule has 1 amide bonds. The van der Waals surface area contributed by atoms with Gasteiger partial charge in [-0.1, -0.05) is 0 Å². The minimum absolute atomic E-state index is 0.0136. The van der Waals surface area contributed by atoms with Crippen LogP contribution in [0.25, 0.3) is 10.2 Å². The highest BCUT2D eigenvalue weighted by molar-refractivity contribution is 7.99. The van der Waals surface area contributed by atoms with Crippen molar-refractivity contribution in [2.24, 2.45) is 0 Å². The van der Waals surface area contributed by atoms with E-state index in [1.54, 1.807) is 4.90 Å². The van der Waals surface area contributed by atoms with Gasteiger partial charge in [-0.2, -0.15) is 5.26 Å². The van der Waals surface area contributed by atoms with Gasteiger partial charge in [0.1, 0.15) is 17.2 Å². The molecule has 0 unspecified atom stereocenters. The molecule has 0 aromatic carbocycles. The molecular weight excluding hydrogens is 356 g/mol. The molecule has 1 aliphatic carbocycles. The summed E-state index contributed by atoms with van der Waals surface area (Å²) in [6.45, 7) is 5.90. The van der Waals surface area contributed by atoms with Crippen LogP contribution < -0.4 is 5.56 Å². The van der Waals surface area contributed by atoms with Gasteiger partial charge in [0.05, 0.1) is 22.5 Å². The average Bonchev–Trinajstić information content (AvgIpc) is 3.36. The molecule has 1 N–H and O–H groups in total. The number of nitrogens with zero attached hydrogens (tertiary/aromatic N) is 3. The summed E-state index contributed by atoms with van der Waals surface area (Å²) in [5.41, 5.74) is 0.860. The minimum atomic E-state index is -0.276. The lowest BCUT2D eigenvalue weighted by atomic mass is 10.2. The van der Waals surface area contributed by atoms with Gasteiger partial charge in [0.25, 0.3) is 5.56 Å². The van der Waals surface area contributed by atoms with Gasteiger partial charge in [-0.25, -0.2) is 4.98 Å². The smallest absolute Gasteiger partial charge is 0.259 e. The number of aryl methyl sites for hydroxylation is 2. The number of carbonyl (C=O) groups is 1. The summed E-state index contributed by atoms with van der Waals surface area (Å²) in [5, 5.41) is 9.29. The highest BCUT2D eigenvalue weighted by atomic mass is 32.2. The SMILES string of the molecule is Cc1sc2nc(CS[C@H](C)C(=O)N(CC#N)C3CC3)[nH]c(=O)c2c1C. The number of nitriles is 1. The van der Waals surface area contributed by atoms with Crippen molar-refractivity contribution in [2.45, 2.75) is 50.7 Å². The molecule has 1 aliphatic rings. The summed E-state index contributed by atoms with van der Waals surface area (Å²) in [5.74, 6) is 1.03. The van der Waals surface area contributed by atoms with E-state index in [0.29, 0.717) is 17.0 Å². The summed E-state index contributed by atoms with van der Waals surface area (Å²) in [6.07, 6.45) is 1.96. The predicted molar refractivity (Wildman–Crippen MR) is 101 cm³/mol. The second-order valence-electron chi connectivity index (χ2n) is 6.28. The number of amides is 1. The number of nitrogens with one attached hydrogen (secondary N) is 1. The number of aromatic amines is 1. The number of carbonyl (C=O) groups excluding carboxylic acids is 1. The van der Waals surface area contributed by atoms with E-state index in [1.807, 2.05) is 20.8 Å². The van der Waals surface area contributed by atoms with Crippen LogP contribution in [0, 0.1) is 25.2 Å². The van der Waals surface area contributed by atoms with E-state index in [0.717, 1.165) is 28.1 Å². The number of thioether (sulfide) groups is 1. The van der Waals surface area contributed by atoms with E-state index in [9.17, 15) is 9.59 Å². The molecule has 0 saturated heterocycles. The zero-order valence-corrected chi connectivity index (χ0v) is 16.1. The van der Waals surface area contributed by atoms with E-state index in [4.69, 9.17) is 5.26 Å². The lowest BCUT2D eigenvalue weighted by molar-refractivity contribution is -0.130. The van der Waals surface area contributed by atoms with Crippen molar-refractivity contribution in [1.82, 2.24) is 14.9 Å². The van der Waals surface area contributed by atoms with E-state index in [2.05, 4.69) is 16.0 Å². The Labute approximate surface area is 154 Å². The van der Waals surface area contributed by atoms with Crippen LogP contribution in [0.3, 0.4) is 0 Å². The molecule has 1 saturated carbocycles. The third-order valence-corrected chi connectivity index (χ3v) is 6.66. The maximum atomic E-state index is 12.5. The number of thiophene rings is 1. The molecule has 132 valence electrons. The molecule has 1 fully saturated rings. The molecule has 0 aliphatic heterocycles. The van der Waals surface area contributed by atoms with E-state index in [1.165, 1.54) is 23.1 Å². The number of hydrogen-bond donors (Lipinski definition) is 1. The van der Waals surface area contributed by atoms with Gasteiger partial charge in [0.15, 0.2) is 0 Å². The Balaban J connectivity index is 1.70.